The topological polar surface area (TPSA) is 167 Å². The summed E-state index contributed by atoms with van der Waals surface area (Å²) in [7, 11) is 0. The molecule has 0 aliphatic carbocycles. The predicted octanol–water partition coefficient (Wildman–Crippen LogP) is 5.58. The summed E-state index contributed by atoms with van der Waals surface area (Å²) in [5.74, 6) is 0.282. The third-order valence-corrected chi connectivity index (χ3v) is 11.2. The first-order valence-corrected chi connectivity index (χ1v) is 18.6. The van der Waals surface area contributed by atoms with Crippen LogP contribution >= 0.6 is 0 Å². The summed E-state index contributed by atoms with van der Waals surface area (Å²) in [4.78, 5) is 47.4. The molecule has 2 atom stereocenters. The molecule has 12 nitrogen and oxygen atoms in total. The van der Waals surface area contributed by atoms with E-state index in [0.29, 0.717) is 42.8 Å². The number of H-pyrrole nitrogens is 2. The first-order valence-electron chi connectivity index (χ1n) is 18.6. The van der Waals surface area contributed by atoms with E-state index in [9.17, 15) is 29.7 Å². The summed E-state index contributed by atoms with van der Waals surface area (Å²) in [5, 5.41) is 35.6. The van der Waals surface area contributed by atoms with Crippen LogP contribution in [0.3, 0.4) is 0 Å². The lowest BCUT2D eigenvalue weighted by Gasteiger charge is -2.48. The van der Waals surface area contributed by atoms with Crippen LogP contribution in [0.1, 0.15) is 42.1 Å². The average Bonchev–Trinajstić information content (AvgIpc) is 3.49. The molecule has 2 aromatic heterocycles. The first kappa shape index (κ1) is 35.3. The Balaban J connectivity index is 0.949. The van der Waals surface area contributed by atoms with Gasteiger partial charge in [0.25, 0.3) is 0 Å². The number of nitrogens with zero attached hydrogens (tertiary/aromatic N) is 3. The Morgan fingerprint density at radius 2 is 1.72 bits per heavy atom. The molecule has 2 bridgehead atoms. The molecule has 3 saturated heterocycles. The maximum atomic E-state index is 13.1. The molecule has 278 valence electrons. The number of piperidine rings is 3. The Kier molecular flexibility index (Phi) is 9.80. The molecule has 1 amide bonds. The molecule has 3 fully saturated rings. The van der Waals surface area contributed by atoms with Crippen molar-refractivity contribution in [1.82, 2.24) is 24.8 Å². The van der Waals surface area contributed by atoms with Gasteiger partial charge in [0.2, 0.25) is 5.56 Å². The lowest BCUT2D eigenvalue weighted by atomic mass is 9.82. The molecule has 4 aromatic carbocycles. The summed E-state index contributed by atoms with van der Waals surface area (Å²) < 4.78 is 1.74. The molecule has 6 N–H and O–H groups in total. The summed E-state index contributed by atoms with van der Waals surface area (Å²) >= 11 is 0. The number of amides is 1. The van der Waals surface area contributed by atoms with Crippen LogP contribution in [-0.4, -0.2) is 73.1 Å². The summed E-state index contributed by atoms with van der Waals surface area (Å²) in [5.41, 5.74) is 6.41. The molecule has 3 aliphatic rings. The Labute approximate surface area is 311 Å². The molecular formula is C42H44N6O6. The first-order chi connectivity index (χ1) is 26.2. The zero-order chi connectivity index (χ0) is 37.3. The number of aliphatic hydroxyl groups is 1. The molecule has 0 unspecified atom stereocenters. The number of aromatic hydroxyl groups is 1. The van der Waals surface area contributed by atoms with Gasteiger partial charge in [-0.3, -0.25) is 14.3 Å². The Hall–Kier alpha value is -5.69. The number of aromatic amines is 2. The van der Waals surface area contributed by atoms with Gasteiger partial charge in [-0.1, -0.05) is 54.6 Å². The number of rotatable bonds is 12. The fourth-order valence-corrected chi connectivity index (χ4v) is 8.44. The van der Waals surface area contributed by atoms with Gasteiger partial charge >= 0.3 is 11.8 Å². The molecule has 54 heavy (non-hydrogen) atoms. The maximum absolute atomic E-state index is 13.1. The van der Waals surface area contributed by atoms with Crippen molar-refractivity contribution in [3.8, 4) is 16.9 Å². The summed E-state index contributed by atoms with van der Waals surface area (Å²) in [6.45, 7) is 3.97. The van der Waals surface area contributed by atoms with Crippen LogP contribution in [0.5, 0.6) is 5.75 Å². The van der Waals surface area contributed by atoms with E-state index in [4.69, 9.17) is 0 Å². The van der Waals surface area contributed by atoms with Crippen LogP contribution in [0, 0.1) is 5.92 Å². The zero-order valence-corrected chi connectivity index (χ0v) is 29.9. The van der Waals surface area contributed by atoms with E-state index >= 15 is 0 Å². The highest BCUT2D eigenvalue weighted by atomic mass is 16.4. The van der Waals surface area contributed by atoms with Crippen molar-refractivity contribution in [2.75, 3.05) is 31.1 Å². The van der Waals surface area contributed by atoms with Crippen LogP contribution in [-0.2, 0) is 19.5 Å². The summed E-state index contributed by atoms with van der Waals surface area (Å²) in [6, 6.07) is 27.9. The van der Waals surface area contributed by atoms with Crippen molar-refractivity contribution >= 4 is 33.7 Å². The smallest absolute Gasteiger partial charge is 0.412 e. The summed E-state index contributed by atoms with van der Waals surface area (Å²) in [6.07, 6.45) is 1.57. The lowest BCUT2D eigenvalue weighted by Crippen LogP contribution is -2.59. The minimum Gasteiger partial charge on any atom is -0.506 e. The second-order valence-electron chi connectivity index (χ2n) is 14.5. The van der Waals surface area contributed by atoms with Crippen molar-refractivity contribution < 1.29 is 20.1 Å². The molecule has 5 heterocycles. The molecule has 0 radical (unpaired) electrons. The molecule has 9 rings (SSSR count). The molecule has 12 heteroatoms. The number of pyridine rings is 1. The Morgan fingerprint density at radius 1 is 0.926 bits per heavy atom. The number of phenols is 1. The highest BCUT2D eigenvalue weighted by molar-refractivity contribution is 5.94. The number of phenolic OH excluding ortho intramolecular Hbond substituents is 1. The van der Waals surface area contributed by atoms with Crippen LogP contribution in [0.2, 0.25) is 0 Å². The Bertz CT molecular complexity index is 2430. The minimum atomic E-state index is -0.927. The van der Waals surface area contributed by atoms with E-state index in [2.05, 4.69) is 26.3 Å². The molecule has 0 saturated carbocycles. The second kappa shape index (κ2) is 15.0. The number of fused-ring (bicyclic) bond motifs is 5. The number of carbonyl (C=O) groups is 1. The quantitative estimate of drug-likeness (QED) is 0.0951. The number of carboxylic acid groups (broad SMARTS) is 1. The van der Waals surface area contributed by atoms with Crippen molar-refractivity contribution in [3.05, 3.63) is 129 Å². The number of anilines is 1. The number of aromatic nitrogens is 3. The SMILES string of the molecule is O=C(O)N(c1cc(CCCn2c(=O)[nH]c3cc(CNC[C@H](O)c4ccc(O)c5[nH]c(=O)ccc45)ccc32)ccc1-c1ccccc1)[C@H]1CN2CCC1CC2. The fraction of sp³-hybridized carbons (Fsp3) is 0.310. The number of aliphatic hydroxyl groups excluding tert-OH is 1. The third kappa shape index (κ3) is 7.03. The van der Waals surface area contributed by atoms with Gasteiger partial charge in [-0.2, -0.15) is 0 Å². The maximum Gasteiger partial charge on any atom is 0.412 e. The van der Waals surface area contributed by atoms with E-state index < -0.39 is 12.2 Å². The van der Waals surface area contributed by atoms with E-state index in [-0.39, 0.29) is 35.1 Å². The number of hydrogen-bond donors (Lipinski definition) is 6. The highest BCUT2D eigenvalue weighted by Gasteiger charge is 2.41. The lowest BCUT2D eigenvalue weighted by molar-refractivity contribution is 0.0837. The second-order valence-corrected chi connectivity index (χ2v) is 14.5. The number of imidazole rings is 1. The van der Waals surface area contributed by atoms with E-state index in [1.807, 2.05) is 60.7 Å². The molecule has 6 aromatic rings. The monoisotopic (exact) mass is 728 g/mol. The van der Waals surface area contributed by atoms with E-state index in [1.165, 1.54) is 12.1 Å². The highest BCUT2D eigenvalue weighted by Crippen LogP contribution is 2.39. The van der Waals surface area contributed by atoms with Crippen LogP contribution in [0.25, 0.3) is 33.1 Å². The number of benzene rings is 4. The standard InChI is InChI=1S/C42H44N6O6/c49-37-14-11-31(32-12-15-39(51)45-40(32)37)38(50)24-43-23-27-9-13-34-33(21-27)44-41(52)47(34)18-4-5-26-8-10-30(28-6-2-1-3-7-28)35(22-26)48(42(53)54)36-25-46-19-16-29(36)17-20-46/h1-3,6-15,21-22,29,36,38,43,49-50H,4-5,16-20,23-25H2,(H,44,52)(H,45,51)(H,53,54)/t36-,38-/m0/s1. The van der Waals surface area contributed by atoms with Crippen molar-refractivity contribution in [2.24, 2.45) is 5.92 Å². The van der Waals surface area contributed by atoms with Gasteiger partial charge in [0.15, 0.2) is 0 Å². The number of aryl methyl sites for hydroxylation is 2. The van der Waals surface area contributed by atoms with Gasteiger partial charge in [-0.05, 0) is 97.3 Å². The third-order valence-electron chi connectivity index (χ3n) is 11.2. The average molecular weight is 729 g/mol. The van der Waals surface area contributed by atoms with Crippen LogP contribution < -0.4 is 21.5 Å². The van der Waals surface area contributed by atoms with Crippen LogP contribution in [0.15, 0.2) is 101 Å². The van der Waals surface area contributed by atoms with Gasteiger partial charge in [-0.25, -0.2) is 9.59 Å². The van der Waals surface area contributed by atoms with Crippen molar-refractivity contribution in [2.45, 2.75) is 50.9 Å². The van der Waals surface area contributed by atoms with E-state index in [0.717, 1.165) is 71.5 Å². The zero-order valence-electron chi connectivity index (χ0n) is 29.9. The largest absolute Gasteiger partial charge is 0.506 e. The predicted molar refractivity (Wildman–Crippen MR) is 209 cm³/mol. The number of hydrogen-bond acceptors (Lipinski definition) is 7. The fourth-order valence-electron chi connectivity index (χ4n) is 8.44. The van der Waals surface area contributed by atoms with Gasteiger partial charge in [0.1, 0.15) is 5.75 Å². The van der Waals surface area contributed by atoms with E-state index in [1.54, 1.807) is 21.6 Å². The van der Waals surface area contributed by atoms with Gasteiger partial charge in [0, 0.05) is 43.2 Å². The van der Waals surface area contributed by atoms with Crippen molar-refractivity contribution in [1.29, 1.82) is 0 Å². The van der Waals surface area contributed by atoms with Crippen LogP contribution in [0.4, 0.5) is 10.5 Å². The Morgan fingerprint density at radius 3 is 2.48 bits per heavy atom. The van der Waals surface area contributed by atoms with Crippen molar-refractivity contribution in [3.63, 3.8) is 0 Å². The minimum absolute atomic E-state index is 0.0607. The normalized spacial score (nSPS) is 18.6. The molecule has 3 aliphatic heterocycles. The van der Waals surface area contributed by atoms with Gasteiger partial charge in [0.05, 0.1) is 34.4 Å². The number of nitrogens with one attached hydrogen (secondary N) is 3. The van der Waals surface area contributed by atoms with Gasteiger partial charge in [-0.15, -0.1) is 0 Å². The molecular weight excluding hydrogens is 684 g/mol. The van der Waals surface area contributed by atoms with Gasteiger partial charge < -0.3 is 35.5 Å². The molecule has 0 spiro atoms.